The zero-order chi connectivity index (χ0) is 40.9. The van der Waals surface area contributed by atoms with Crippen LogP contribution in [0, 0.1) is 0 Å². The lowest BCUT2D eigenvalue weighted by molar-refractivity contribution is -0.138. The number of nitrogens with two attached hydrogens (primary N) is 2. The van der Waals surface area contributed by atoms with Gasteiger partial charge in [0.05, 0.1) is 0 Å². The number of carbonyl (C=O) groups excluding carboxylic acids is 4. The van der Waals surface area contributed by atoms with Gasteiger partial charge in [-0.15, -0.1) is 0 Å². The molecule has 0 radical (unpaired) electrons. The lowest BCUT2D eigenvalue weighted by Gasteiger charge is -2.24. The maximum absolute atomic E-state index is 12.5. The van der Waals surface area contributed by atoms with E-state index >= 15 is 0 Å². The Bertz CT molecular complexity index is 905. The minimum atomic E-state index is -0.245. The first-order valence-corrected chi connectivity index (χ1v) is 24.0. The molecule has 56 heavy (non-hydrogen) atoms. The van der Waals surface area contributed by atoms with Crippen molar-refractivity contribution in [3.63, 3.8) is 0 Å². The smallest absolute Gasteiger partial charge is 0.242 e. The van der Waals surface area contributed by atoms with Crippen LogP contribution in [0.15, 0.2) is 0 Å². The maximum atomic E-state index is 12.5. The third-order valence-corrected chi connectivity index (χ3v) is 11.6. The summed E-state index contributed by atoms with van der Waals surface area (Å²) in [5.74, 6) is 0.393. The summed E-state index contributed by atoms with van der Waals surface area (Å²) < 4.78 is 0. The number of amides is 4. The molecule has 10 nitrogen and oxygen atoms in total. The first-order chi connectivity index (χ1) is 27.4. The molecule has 0 spiro atoms. The van der Waals surface area contributed by atoms with Gasteiger partial charge in [0.15, 0.2) is 0 Å². The highest BCUT2D eigenvalue weighted by Crippen LogP contribution is 2.21. The lowest BCUT2D eigenvalue weighted by atomic mass is 10.1. The number of nitrogens with one attached hydrogen (secondary N) is 2. The Morgan fingerprint density at radius 3 is 1.07 bits per heavy atom. The highest BCUT2D eigenvalue weighted by molar-refractivity contribution is 5.88. The number of carbonyl (C=O) groups is 4. The molecule has 2 atom stereocenters. The van der Waals surface area contributed by atoms with Crippen molar-refractivity contribution in [2.24, 2.45) is 11.5 Å². The van der Waals surface area contributed by atoms with Crippen LogP contribution >= 0.6 is 0 Å². The Balaban J connectivity index is 0.000000560. The zero-order valence-electron chi connectivity index (χ0n) is 36.7. The minimum Gasteiger partial charge on any atom is -0.354 e. The Labute approximate surface area is 344 Å². The van der Waals surface area contributed by atoms with Crippen LogP contribution in [0.1, 0.15) is 219 Å². The van der Waals surface area contributed by atoms with E-state index in [9.17, 15) is 19.2 Å². The monoisotopic (exact) mass is 791 g/mol. The molecule has 0 aromatic rings. The molecule has 6 N–H and O–H groups in total. The van der Waals surface area contributed by atoms with E-state index in [1.807, 2.05) is 9.80 Å². The third-order valence-electron chi connectivity index (χ3n) is 11.6. The molecule has 2 saturated heterocycles. The number of hydrogen-bond acceptors (Lipinski definition) is 6. The molecule has 328 valence electrons. The summed E-state index contributed by atoms with van der Waals surface area (Å²) in [6, 6.07) is -0.491. The molecule has 0 aromatic carbocycles. The molecule has 0 saturated carbocycles. The van der Waals surface area contributed by atoms with E-state index < -0.39 is 0 Å². The summed E-state index contributed by atoms with van der Waals surface area (Å²) in [7, 11) is 0. The van der Waals surface area contributed by atoms with Crippen LogP contribution in [-0.4, -0.2) is 84.8 Å². The van der Waals surface area contributed by atoms with Crippen LogP contribution in [0.4, 0.5) is 0 Å². The van der Waals surface area contributed by atoms with Gasteiger partial charge in [-0.3, -0.25) is 19.2 Å². The van der Waals surface area contributed by atoms with E-state index in [0.717, 1.165) is 103 Å². The Hall–Kier alpha value is -2.20. The molecule has 4 amide bonds. The number of hydrogen-bond donors (Lipinski definition) is 4. The van der Waals surface area contributed by atoms with Gasteiger partial charge in [-0.1, -0.05) is 142 Å². The molecular weight excluding hydrogens is 701 g/mol. The Kier molecular flexibility index (Phi) is 34.3. The molecular formula is C46H90N6O4. The molecule has 2 aliphatic heterocycles. The van der Waals surface area contributed by atoms with E-state index in [-0.39, 0.29) is 35.7 Å². The second-order valence-corrected chi connectivity index (χ2v) is 16.6. The maximum Gasteiger partial charge on any atom is 0.242 e. The minimum absolute atomic E-state index is 0.0293. The normalized spacial score (nSPS) is 16.5. The molecule has 2 aliphatic rings. The van der Waals surface area contributed by atoms with Crippen LogP contribution in [0.3, 0.4) is 0 Å². The summed E-state index contributed by atoms with van der Waals surface area (Å²) in [6.07, 6.45) is 36.1. The van der Waals surface area contributed by atoms with Crippen molar-refractivity contribution in [3.8, 4) is 0 Å². The van der Waals surface area contributed by atoms with Crippen LogP contribution in [0.25, 0.3) is 0 Å². The lowest BCUT2D eigenvalue weighted by Crippen LogP contribution is -2.46. The Morgan fingerprint density at radius 2 is 0.750 bits per heavy atom. The molecule has 0 aliphatic carbocycles. The van der Waals surface area contributed by atoms with E-state index in [1.165, 1.54) is 103 Å². The number of unbranched alkanes of at least 4 members (excludes halogenated alkanes) is 22. The van der Waals surface area contributed by atoms with Crippen LogP contribution in [0.2, 0.25) is 0 Å². The van der Waals surface area contributed by atoms with E-state index in [0.29, 0.717) is 39.0 Å². The fourth-order valence-corrected chi connectivity index (χ4v) is 8.04. The summed E-state index contributed by atoms with van der Waals surface area (Å²) in [5.41, 5.74) is 11.0. The van der Waals surface area contributed by atoms with Gasteiger partial charge in [0.1, 0.15) is 12.1 Å². The van der Waals surface area contributed by atoms with Crippen molar-refractivity contribution in [1.29, 1.82) is 0 Å². The predicted octanol–water partition coefficient (Wildman–Crippen LogP) is 9.07. The molecule has 10 heteroatoms. The van der Waals surface area contributed by atoms with E-state index in [2.05, 4.69) is 24.5 Å². The van der Waals surface area contributed by atoms with Gasteiger partial charge in [0.25, 0.3) is 0 Å². The topological polar surface area (TPSA) is 151 Å². The predicted molar refractivity (Wildman–Crippen MR) is 234 cm³/mol. The van der Waals surface area contributed by atoms with E-state index in [1.54, 1.807) is 0 Å². The second-order valence-electron chi connectivity index (χ2n) is 16.6. The molecule has 2 rings (SSSR count). The summed E-state index contributed by atoms with van der Waals surface area (Å²) in [6.45, 7) is 8.77. The van der Waals surface area contributed by atoms with Gasteiger partial charge in [0.2, 0.25) is 23.6 Å². The van der Waals surface area contributed by atoms with Gasteiger partial charge in [-0.2, -0.15) is 0 Å². The average molecular weight is 791 g/mol. The summed E-state index contributed by atoms with van der Waals surface area (Å²) >= 11 is 0. The molecule has 0 bridgehead atoms. The van der Waals surface area contributed by atoms with Crippen LogP contribution in [0.5, 0.6) is 0 Å². The summed E-state index contributed by atoms with van der Waals surface area (Å²) in [4.78, 5) is 53.5. The van der Waals surface area contributed by atoms with Gasteiger partial charge >= 0.3 is 0 Å². The molecule has 2 fully saturated rings. The first kappa shape index (κ1) is 51.8. The van der Waals surface area contributed by atoms with Crippen molar-refractivity contribution in [1.82, 2.24) is 20.4 Å². The largest absolute Gasteiger partial charge is 0.354 e. The van der Waals surface area contributed by atoms with Gasteiger partial charge < -0.3 is 31.9 Å². The van der Waals surface area contributed by atoms with Crippen molar-refractivity contribution < 1.29 is 19.2 Å². The quantitative estimate of drug-likeness (QED) is 0.0478. The van der Waals surface area contributed by atoms with Gasteiger partial charge in [-0.05, 0) is 77.3 Å². The third kappa shape index (κ3) is 25.9. The van der Waals surface area contributed by atoms with Crippen molar-refractivity contribution in [3.05, 3.63) is 0 Å². The Morgan fingerprint density at radius 1 is 0.446 bits per heavy atom. The molecule has 2 heterocycles. The second kappa shape index (κ2) is 37.1. The van der Waals surface area contributed by atoms with Crippen molar-refractivity contribution in [2.45, 2.75) is 231 Å². The first-order valence-electron chi connectivity index (χ1n) is 24.0. The highest BCUT2D eigenvalue weighted by atomic mass is 16.2. The van der Waals surface area contributed by atoms with E-state index in [4.69, 9.17) is 11.5 Å². The number of nitrogens with zero attached hydrogens (tertiary/aromatic N) is 2. The molecule has 0 aromatic heterocycles. The SMILES string of the molecule is CCCCCCCCCCCCC(=O)N1CCC[C@@H]1C(=O)NCCCCCN.CCCCCCCCCCCCC(=O)N1CCC[C@H]1C(=O)NCCCCCN. The molecule has 0 unspecified atom stereocenters. The van der Waals surface area contributed by atoms with Crippen molar-refractivity contribution in [2.75, 3.05) is 39.3 Å². The zero-order valence-corrected chi connectivity index (χ0v) is 36.7. The van der Waals surface area contributed by atoms with Crippen LogP contribution < -0.4 is 22.1 Å². The average Bonchev–Trinajstić information content (AvgIpc) is 3.91. The standard InChI is InChI=1S/2C23H45N3O2/c2*1-2-3-4-5-6-7-8-9-10-12-17-22(27)26-20-15-16-21(26)23(28)25-19-14-11-13-18-24/h2*21H,2-20,24H2,1H3,(H,25,28)/t2*21-/m10/s1. The van der Waals surface area contributed by atoms with Crippen LogP contribution in [-0.2, 0) is 19.2 Å². The summed E-state index contributed by atoms with van der Waals surface area (Å²) in [5, 5.41) is 6.01. The van der Waals surface area contributed by atoms with Crippen molar-refractivity contribution >= 4 is 23.6 Å². The van der Waals surface area contributed by atoms with Gasteiger partial charge in [-0.25, -0.2) is 0 Å². The fraction of sp³-hybridized carbons (Fsp3) is 0.913. The highest BCUT2D eigenvalue weighted by Gasteiger charge is 2.34. The van der Waals surface area contributed by atoms with Gasteiger partial charge in [0, 0.05) is 39.0 Å². The number of rotatable bonds is 34. The fourth-order valence-electron chi connectivity index (χ4n) is 8.04. The number of likely N-dealkylation sites (tertiary alicyclic amines) is 2.